The summed E-state index contributed by atoms with van der Waals surface area (Å²) in [5.41, 5.74) is 0. The Bertz CT molecular complexity index is 447. The molecule has 6 heteroatoms. The Balaban J connectivity index is 0.000000251. The summed E-state index contributed by atoms with van der Waals surface area (Å²) in [6.45, 7) is 14.3. The molecule has 25 heavy (non-hydrogen) atoms. The van der Waals surface area contributed by atoms with Crippen molar-refractivity contribution >= 4 is 11.6 Å². The Morgan fingerprint density at radius 3 is 2.04 bits per heavy atom. The van der Waals surface area contributed by atoms with Gasteiger partial charge in [-0.15, -0.1) is 0 Å². The van der Waals surface area contributed by atoms with E-state index in [9.17, 15) is 9.59 Å². The Kier molecular flexibility index (Phi) is 8.68. The molecule has 0 aromatic carbocycles. The topological polar surface area (TPSA) is 71.1 Å². The van der Waals surface area contributed by atoms with Crippen LogP contribution in [0.4, 0.5) is 0 Å². The Hall–Kier alpha value is -0.820. The number of carbonyl (C=O) groups excluding carboxylic acids is 2. The third-order valence-electron chi connectivity index (χ3n) is 4.25. The molecule has 0 radical (unpaired) electrons. The molecule has 0 aliphatic carbocycles. The molecular weight excluding hydrogens is 324 g/mol. The fourth-order valence-corrected chi connectivity index (χ4v) is 2.63. The summed E-state index contributed by atoms with van der Waals surface area (Å²) in [4.78, 5) is 23.1. The van der Waals surface area contributed by atoms with Crippen LogP contribution >= 0.6 is 0 Å². The summed E-state index contributed by atoms with van der Waals surface area (Å²) in [6, 6.07) is 0. The minimum absolute atomic E-state index is 0.0136. The van der Waals surface area contributed by atoms with Crippen molar-refractivity contribution < 1.29 is 28.5 Å². The summed E-state index contributed by atoms with van der Waals surface area (Å²) in [5.74, 6) is -0.998. The van der Waals surface area contributed by atoms with Crippen LogP contribution < -0.4 is 0 Å². The van der Waals surface area contributed by atoms with Gasteiger partial charge in [-0.05, 0) is 33.6 Å². The zero-order valence-corrected chi connectivity index (χ0v) is 16.7. The van der Waals surface area contributed by atoms with Crippen LogP contribution in [0.5, 0.6) is 0 Å². The van der Waals surface area contributed by atoms with Crippen LogP contribution in [-0.4, -0.2) is 49.1 Å². The lowest BCUT2D eigenvalue weighted by Crippen LogP contribution is -2.49. The highest BCUT2D eigenvalue weighted by Gasteiger charge is 2.40. The van der Waals surface area contributed by atoms with E-state index in [1.54, 1.807) is 6.92 Å². The number of Topliss-reactive ketones (excluding diaryl/α,β-unsaturated/α-hetero) is 2. The third kappa shape index (κ3) is 6.77. The van der Waals surface area contributed by atoms with Crippen LogP contribution in [-0.2, 0) is 28.5 Å². The minimum atomic E-state index is -1.01. The molecule has 0 aromatic rings. The molecule has 2 heterocycles. The van der Waals surface area contributed by atoms with E-state index in [-0.39, 0.29) is 35.6 Å². The van der Waals surface area contributed by atoms with Gasteiger partial charge in [0.15, 0.2) is 11.6 Å². The zero-order valence-electron chi connectivity index (χ0n) is 16.7. The Morgan fingerprint density at radius 2 is 1.56 bits per heavy atom. The number of rotatable bonds is 4. The van der Waals surface area contributed by atoms with Gasteiger partial charge in [-0.2, -0.15) is 0 Å². The van der Waals surface area contributed by atoms with Crippen LogP contribution in [0.3, 0.4) is 0 Å². The van der Waals surface area contributed by atoms with E-state index >= 15 is 0 Å². The maximum atomic E-state index is 11.7. The monoisotopic (exact) mass is 358 g/mol. The van der Waals surface area contributed by atoms with Gasteiger partial charge in [0.2, 0.25) is 12.1 Å². The van der Waals surface area contributed by atoms with Crippen LogP contribution in [0.1, 0.15) is 61.3 Å². The van der Waals surface area contributed by atoms with Crippen molar-refractivity contribution in [1.82, 2.24) is 0 Å². The van der Waals surface area contributed by atoms with E-state index in [1.807, 2.05) is 41.5 Å². The molecule has 4 atom stereocenters. The highest BCUT2D eigenvalue weighted by atomic mass is 16.7. The maximum Gasteiger partial charge on any atom is 0.226 e. The van der Waals surface area contributed by atoms with Crippen LogP contribution in [0.25, 0.3) is 0 Å². The van der Waals surface area contributed by atoms with Crippen LogP contribution in [0.2, 0.25) is 0 Å². The molecular formula is C19H34O6. The average molecular weight is 358 g/mol. The SMILES string of the molecule is CC1CCOC(C(=O)C(C)C)O1.CC1CCOC(C)(C(=O)C(C)C)O1. The second kappa shape index (κ2) is 9.76. The molecule has 0 spiro atoms. The highest BCUT2D eigenvalue weighted by molar-refractivity contribution is 5.87. The van der Waals surface area contributed by atoms with Gasteiger partial charge in [0.25, 0.3) is 0 Å². The molecule has 6 nitrogen and oxygen atoms in total. The molecule has 0 aromatic heterocycles. The van der Waals surface area contributed by atoms with Gasteiger partial charge in [0, 0.05) is 11.8 Å². The first-order valence-electron chi connectivity index (χ1n) is 9.23. The van der Waals surface area contributed by atoms with Gasteiger partial charge in [0.1, 0.15) is 0 Å². The molecule has 0 bridgehead atoms. The number of ketones is 2. The van der Waals surface area contributed by atoms with Gasteiger partial charge in [-0.3, -0.25) is 9.59 Å². The van der Waals surface area contributed by atoms with Crippen molar-refractivity contribution in [2.45, 2.75) is 85.6 Å². The van der Waals surface area contributed by atoms with Crippen LogP contribution in [0.15, 0.2) is 0 Å². The second-order valence-corrected chi connectivity index (χ2v) is 7.53. The van der Waals surface area contributed by atoms with E-state index in [0.29, 0.717) is 13.2 Å². The largest absolute Gasteiger partial charge is 0.346 e. The number of hydrogen-bond donors (Lipinski definition) is 0. The lowest BCUT2D eigenvalue weighted by molar-refractivity contribution is -0.266. The molecule has 146 valence electrons. The average Bonchev–Trinajstić information content (AvgIpc) is 2.53. The molecule has 2 saturated heterocycles. The van der Waals surface area contributed by atoms with Gasteiger partial charge in [-0.25, -0.2) is 0 Å². The summed E-state index contributed by atoms with van der Waals surface area (Å²) >= 11 is 0. The fraction of sp³-hybridized carbons (Fsp3) is 0.895. The van der Waals surface area contributed by atoms with E-state index in [0.717, 1.165) is 12.8 Å². The maximum absolute atomic E-state index is 11.7. The van der Waals surface area contributed by atoms with Gasteiger partial charge < -0.3 is 18.9 Å². The molecule has 4 unspecified atom stereocenters. The number of hydrogen-bond acceptors (Lipinski definition) is 6. The van der Waals surface area contributed by atoms with E-state index in [1.165, 1.54) is 0 Å². The lowest BCUT2D eigenvalue weighted by Gasteiger charge is -2.36. The van der Waals surface area contributed by atoms with Crippen molar-refractivity contribution in [3.05, 3.63) is 0 Å². The summed E-state index contributed by atoms with van der Waals surface area (Å²) in [7, 11) is 0. The van der Waals surface area contributed by atoms with E-state index < -0.39 is 12.1 Å². The summed E-state index contributed by atoms with van der Waals surface area (Å²) < 4.78 is 21.4. The Labute approximate surface area is 151 Å². The highest BCUT2D eigenvalue weighted by Crippen LogP contribution is 2.26. The standard InChI is InChI=1S/C10H18O3.C9H16O3/c1-7(2)9(11)10(4)12-6-5-8(3)13-10;1-6(2)8(10)9-11-5-4-7(3)12-9/h7-8H,5-6H2,1-4H3;6-7,9H,4-5H2,1-3H3. The molecule has 2 aliphatic rings. The Morgan fingerprint density at radius 1 is 0.960 bits per heavy atom. The van der Waals surface area contributed by atoms with Crippen molar-refractivity contribution in [2.75, 3.05) is 13.2 Å². The summed E-state index contributed by atoms with van der Waals surface area (Å²) in [5, 5.41) is 0. The number of ether oxygens (including phenoxy) is 4. The van der Waals surface area contributed by atoms with Gasteiger partial charge in [-0.1, -0.05) is 27.7 Å². The lowest BCUT2D eigenvalue weighted by atomic mass is 10.0. The summed E-state index contributed by atoms with van der Waals surface area (Å²) in [6.07, 6.45) is 1.38. The third-order valence-corrected chi connectivity index (χ3v) is 4.25. The zero-order chi connectivity index (χ0) is 19.2. The van der Waals surface area contributed by atoms with Crippen molar-refractivity contribution in [3.8, 4) is 0 Å². The minimum Gasteiger partial charge on any atom is -0.346 e. The van der Waals surface area contributed by atoms with Gasteiger partial charge in [0.05, 0.1) is 25.4 Å². The van der Waals surface area contributed by atoms with Crippen molar-refractivity contribution in [3.63, 3.8) is 0 Å². The predicted molar refractivity (Wildman–Crippen MR) is 94.1 cm³/mol. The van der Waals surface area contributed by atoms with Crippen molar-refractivity contribution in [2.24, 2.45) is 11.8 Å². The molecule has 2 fully saturated rings. The van der Waals surface area contributed by atoms with Gasteiger partial charge >= 0.3 is 0 Å². The normalized spacial score (nSPS) is 32.9. The van der Waals surface area contributed by atoms with Crippen LogP contribution in [0, 0.1) is 11.8 Å². The van der Waals surface area contributed by atoms with Crippen molar-refractivity contribution in [1.29, 1.82) is 0 Å². The fourth-order valence-electron chi connectivity index (χ4n) is 2.63. The smallest absolute Gasteiger partial charge is 0.226 e. The molecule has 2 rings (SSSR count). The first-order valence-corrected chi connectivity index (χ1v) is 9.23. The quantitative estimate of drug-likeness (QED) is 0.769. The number of carbonyl (C=O) groups is 2. The van der Waals surface area contributed by atoms with E-state index in [2.05, 4.69) is 0 Å². The molecule has 0 N–H and O–H groups in total. The second-order valence-electron chi connectivity index (χ2n) is 7.53. The first kappa shape index (κ1) is 22.2. The molecule has 2 aliphatic heterocycles. The molecule has 0 saturated carbocycles. The van der Waals surface area contributed by atoms with E-state index in [4.69, 9.17) is 18.9 Å². The predicted octanol–water partition coefficient (Wildman–Crippen LogP) is 3.12. The molecule has 0 amide bonds. The first-order chi connectivity index (χ1) is 11.6.